The zero-order valence-corrected chi connectivity index (χ0v) is 18.2. The number of para-hydroxylation sites is 1. The third kappa shape index (κ3) is 5.57. The summed E-state index contributed by atoms with van der Waals surface area (Å²) in [5, 5.41) is 0. The lowest BCUT2D eigenvalue weighted by Gasteiger charge is -2.28. The molecule has 0 heterocycles. The van der Waals surface area contributed by atoms with E-state index in [1.165, 1.54) is 0 Å². The van der Waals surface area contributed by atoms with Crippen LogP contribution in [0.2, 0.25) is 0 Å². The maximum absolute atomic E-state index is 14.8. The summed E-state index contributed by atoms with van der Waals surface area (Å²) in [7, 11) is 0. The van der Waals surface area contributed by atoms with Gasteiger partial charge in [0.05, 0.1) is 0 Å². The zero-order chi connectivity index (χ0) is 21.6. The molecule has 2 aromatic carbocycles. The van der Waals surface area contributed by atoms with E-state index in [2.05, 4.69) is 42.3 Å². The van der Waals surface area contributed by atoms with Crippen LogP contribution in [0.4, 0.5) is 15.8 Å². The molecule has 0 aromatic heterocycles. The van der Waals surface area contributed by atoms with Crippen molar-refractivity contribution in [3.8, 4) is 0 Å². The summed E-state index contributed by atoms with van der Waals surface area (Å²) in [4.78, 5) is 2.15. The van der Waals surface area contributed by atoms with Crippen LogP contribution in [0.15, 0.2) is 103 Å². The Labute approximate surface area is 175 Å². The fourth-order valence-corrected chi connectivity index (χ4v) is 3.11. The van der Waals surface area contributed by atoms with Crippen LogP contribution in [0.3, 0.4) is 0 Å². The zero-order valence-electron chi connectivity index (χ0n) is 18.2. The molecule has 2 heteroatoms. The molecule has 0 N–H and O–H groups in total. The second kappa shape index (κ2) is 9.56. The molecule has 1 unspecified atom stereocenters. The van der Waals surface area contributed by atoms with Crippen LogP contribution in [0.1, 0.15) is 46.4 Å². The highest BCUT2D eigenvalue weighted by Crippen LogP contribution is 2.38. The number of allylic oxidation sites excluding steroid dienone is 5. The van der Waals surface area contributed by atoms with Gasteiger partial charge in [-0.1, -0.05) is 82.0 Å². The van der Waals surface area contributed by atoms with Crippen molar-refractivity contribution < 1.29 is 4.39 Å². The van der Waals surface area contributed by atoms with Crippen LogP contribution in [0.5, 0.6) is 0 Å². The molecule has 152 valence electrons. The minimum Gasteiger partial charge on any atom is -0.311 e. The van der Waals surface area contributed by atoms with Crippen molar-refractivity contribution in [2.75, 3.05) is 4.90 Å². The second-order valence-electron chi connectivity index (χ2n) is 8.29. The molecule has 1 atom stereocenters. The third-order valence-corrected chi connectivity index (χ3v) is 4.79. The molecule has 2 aromatic rings. The summed E-state index contributed by atoms with van der Waals surface area (Å²) in [5.74, 6) is 0. The van der Waals surface area contributed by atoms with Crippen LogP contribution in [0.25, 0.3) is 0 Å². The molecule has 0 aliphatic carbocycles. The molecule has 0 bridgehead atoms. The Kier molecular flexibility index (Phi) is 7.39. The third-order valence-electron chi connectivity index (χ3n) is 4.79. The monoisotopic (exact) mass is 389 g/mol. The second-order valence-corrected chi connectivity index (χ2v) is 8.29. The van der Waals surface area contributed by atoms with Crippen LogP contribution in [0, 0.1) is 5.41 Å². The summed E-state index contributed by atoms with van der Waals surface area (Å²) < 4.78 is 14.8. The van der Waals surface area contributed by atoms with E-state index in [0.29, 0.717) is 5.56 Å². The van der Waals surface area contributed by atoms with Gasteiger partial charge in [-0.2, -0.15) is 0 Å². The van der Waals surface area contributed by atoms with Crippen molar-refractivity contribution >= 4 is 11.4 Å². The molecule has 1 nitrogen and oxygen atoms in total. The number of nitrogens with zero attached hydrogens (tertiary/aromatic N) is 1. The van der Waals surface area contributed by atoms with E-state index in [1.807, 2.05) is 83.2 Å². The van der Waals surface area contributed by atoms with Gasteiger partial charge in [-0.3, -0.25) is 0 Å². The molecular formula is C27H32FN. The lowest BCUT2D eigenvalue weighted by Crippen LogP contribution is -2.17. The molecule has 0 amide bonds. The van der Waals surface area contributed by atoms with Crippen molar-refractivity contribution in [1.82, 2.24) is 0 Å². The van der Waals surface area contributed by atoms with Crippen molar-refractivity contribution in [3.63, 3.8) is 0 Å². The molecule has 0 aliphatic rings. The standard InChI is InChI=1S/C27H32FN/c1-8-21(20(3)4)19-23(9-2)29(24-13-11-10-12-14-24)25-17-15-22(16-18-25)26(28)27(5,6)7/h8-19,26H,1,3H2,2,4-7H3/b21-19-,23-9?. The van der Waals surface area contributed by atoms with Crippen LogP contribution < -0.4 is 4.90 Å². The fourth-order valence-electron chi connectivity index (χ4n) is 3.11. The minimum absolute atomic E-state index is 0.432. The summed E-state index contributed by atoms with van der Waals surface area (Å²) in [6, 6.07) is 17.9. The summed E-state index contributed by atoms with van der Waals surface area (Å²) in [6.07, 6.45) is 4.93. The van der Waals surface area contributed by atoms with E-state index in [9.17, 15) is 4.39 Å². The highest BCUT2D eigenvalue weighted by atomic mass is 19.1. The van der Waals surface area contributed by atoms with Gasteiger partial charge in [0.25, 0.3) is 0 Å². The van der Waals surface area contributed by atoms with E-state index in [4.69, 9.17) is 0 Å². The van der Waals surface area contributed by atoms with Crippen LogP contribution in [-0.4, -0.2) is 0 Å². The lowest BCUT2D eigenvalue weighted by molar-refractivity contribution is 0.165. The lowest BCUT2D eigenvalue weighted by atomic mass is 9.86. The summed E-state index contributed by atoms with van der Waals surface area (Å²) in [5.41, 5.74) is 5.19. The number of hydrogen-bond donors (Lipinski definition) is 0. The molecule has 0 fully saturated rings. The maximum Gasteiger partial charge on any atom is 0.130 e. The molecule has 29 heavy (non-hydrogen) atoms. The van der Waals surface area contributed by atoms with Gasteiger partial charge in [0.2, 0.25) is 0 Å². The van der Waals surface area contributed by atoms with Crippen molar-refractivity contribution in [1.29, 1.82) is 0 Å². The number of anilines is 2. The Morgan fingerprint density at radius 3 is 2.00 bits per heavy atom. The maximum atomic E-state index is 14.8. The fraction of sp³-hybridized carbons (Fsp3) is 0.259. The molecule has 0 spiro atoms. The largest absolute Gasteiger partial charge is 0.311 e. The van der Waals surface area contributed by atoms with Gasteiger partial charge in [0.15, 0.2) is 0 Å². The number of benzene rings is 2. The summed E-state index contributed by atoms with van der Waals surface area (Å²) in [6.45, 7) is 17.7. The Hall–Kier alpha value is -2.87. The van der Waals surface area contributed by atoms with E-state index in [0.717, 1.165) is 28.2 Å². The number of rotatable bonds is 7. The molecule has 0 aliphatic heterocycles. The molecular weight excluding hydrogens is 357 g/mol. The molecule has 0 saturated carbocycles. The normalized spacial score (nSPS) is 13.7. The SMILES string of the molecule is C=C/C(=C/C(=CC)N(c1ccccc1)c1ccc(C(F)C(C)(C)C)cc1)C(=C)C. The number of hydrogen-bond acceptors (Lipinski definition) is 1. The topological polar surface area (TPSA) is 3.24 Å². The summed E-state index contributed by atoms with van der Waals surface area (Å²) >= 11 is 0. The predicted molar refractivity (Wildman–Crippen MR) is 125 cm³/mol. The van der Waals surface area contributed by atoms with E-state index in [1.54, 1.807) is 0 Å². The smallest absolute Gasteiger partial charge is 0.130 e. The average Bonchev–Trinajstić information content (AvgIpc) is 2.70. The van der Waals surface area contributed by atoms with Crippen LogP contribution >= 0.6 is 0 Å². The first-order valence-corrected chi connectivity index (χ1v) is 9.94. The average molecular weight is 390 g/mol. The Morgan fingerprint density at radius 2 is 1.55 bits per heavy atom. The molecule has 0 radical (unpaired) electrons. The van der Waals surface area contributed by atoms with Gasteiger partial charge in [-0.15, -0.1) is 0 Å². The Morgan fingerprint density at radius 1 is 1.00 bits per heavy atom. The highest BCUT2D eigenvalue weighted by Gasteiger charge is 2.26. The number of alkyl halides is 1. The quantitative estimate of drug-likeness (QED) is 0.429. The van der Waals surface area contributed by atoms with Gasteiger partial charge in [-0.25, -0.2) is 4.39 Å². The van der Waals surface area contributed by atoms with Crippen LogP contribution in [-0.2, 0) is 0 Å². The number of halogens is 1. The van der Waals surface area contributed by atoms with E-state index in [-0.39, 0.29) is 0 Å². The van der Waals surface area contributed by atoms with Gasteiger partial charge in [0.1, 0.15) is 6.17 Å². The first-order chi connectivity index (χ1) is 13.7. The predicted octanol–water partition coefficient (Wildman–Crippen LogP) is 8.47. The van der Waals surface area contributed by atoms with Crippen molar-refractivity contribution in [2.45, 2.75) is 40.8 Å². The molecule has 2 rings (SSSR count). The first-order valence-electron chi connectivity index (χ1n) is 9.94. The minimum atomic E-state index is -1.02. The van der Waals surface area contributed by atoms with Gasteiger partial charge in [0, 0.05) is 17.1 Å². The van der Waals surface area contributed by atoms with Gasteiger partial charge >= 0.3 is 0 Å². The van der Waals surface area contributed by atoms with E-state index < -0.39 is 11.6 Å². The van der Waals surface area contributed by atoms with Crippen molar-refractivity contribution in [3.05, 3.63) is 108 Å². The van der Waals surface area contributed by atoms with Gasteiger partial charge in [-0.05, 0) is 60.7 Å². The highest BCUT2D eigenvalue weighted by molar-refractivity contribution is 5.71. The molecule has 0 saturated heterocycles. The van der Waals surface area contributed by atoms with E-state index >= 15 is 0 Å². The Bertz CT molecular complexity index is 896. The Balaban J connectivity index is 2.55. The first kappa shape index (κ1) is 22.4. The van der Waals surface area contributed by atoms with Crippen molar-refractivity contribution in [2.24, 2.45) is 5.41 Å². The van der Waals surface area contributed by atoms with Gasteiger partial charge < -0.3 is 4.90 Å².